The fourth-order valence-corrected chi connectivity index (χ4v) is 4.59. The summed E-state index contributed by atoms with van der Waals surface area (Å²) in [5, 5.41) is 0. The van der Waals surface area contributed by atoms with Gasteiger partial charge in [-0.2, -0.15) is 0 Å². The van der Waals surface area contributed by atoms with Gasteiger partial charge in [0.1, 0.15) is 5.78 Å². The van der Waals surface area contributed by atoms with E-state index in [2.05, 4.69) is 60.4 Å². The summed E-state index contributed by atoms with van der Waals surface area (Å²) in [6, 6.07) is 17.9. The first kappa shape index (κ1) is 16.4. The van der Waals surface area contributed by atoms with Gasteiger partial charge in [0.2, 0.25) is 0 Å². The molecule has 0 radical (unpaired) electrons. The maximum atomic E-state index is 12.8. The van der Waals surface area contributed by atoms with Gasteiger partial charge in [-0.1, -0.05) is 49.7 Å². The molecular weight excluding hydrogens is 306 g/mol. The predicted octanol–water partition coefficient (Wildman–Crippen LogP) is 5.11. The highest BCUT2D eigenvalue weighted by Crippen LogP contribution is 2.42. The van der Waals surface area contributed by atoms with Gasteiger partial charge in [0.15, 0.2) is 0 Å². The van der Waals surface area contributed by atoms with Crippen LogP contribution < -0.4 is 4.90 Å². The van der Waals surface area contributed by atoms with Crippen molar-refractivity contribution in [1.82, 2.24) is 0 Å². The lowest BCUT2D eigenvalue weighted by Crippen LogP contribution is -2.42. The van der Waals surface area contributed by atoms with Crippen molar-refractivity contribution in [2.75, 3.05) is 11.4 Å². The first-order valence-corrected chi connectivity index (χ1v) is 9.74. The number of carbonyl (C=O) groups is 1. The highest BCUT2D eigenvalue weighted by Gasteiger charge is 2.38. The first-order valence-electron chi connectivity index (χ1n) is 9.74. The van der Waals surface area contributed by atoms with E-state index in [-0.39, 0.29) is 12.0 Å². The van der Waals surface area contributed by atoms with Gasteiger partial charge in [0.05, 0.1) is 6.04 Å². The molecule has 0 amide bonds. The molecule has 1 aliphatic carbocycles. The Hall–Kier alpha value is -2.09. The Morgan fingerprint density at radius 2 is 1.80 bits per heavy atom. The quantitative estimate of drug-likeness (QED) is 0.778. The molecule has 0 saturated heterocycles. The second kappa shape index (κ2) is 7.03. The van der Waals surface area contributed by atoms with Crippen LogP contribution in [0.5, 0.6) is 0 Å². The topological polar surface area (TPSA) is 20.3 Å². The molecule has 2 nitrogen and oxygen atoms in total. The zero-order valence-corrected chi connectivity index (χ0v) is 15.1. The average molecular weight is 333 g/mol. The molecule has 130 valence electrons. The van der Waals surface area contributed by atoms with Crippen LogP contribution in [-0.4, -0.2) is 12.3 Å². The van der Waals surface area contributed by atoms with Gasteiger partial charge in [-0.3, -0.25) is 4.79 Å². The van der Waals surface area contributed by atoms with Crippen LogP contribution in [-0.2, 0) is 17.6 Å². The van der Waals surface area contributed by atoms with E-state index in [1.54, 1.807) is 0 Å². The predicted molar refractivity (Wildman–Crippen MR) is 103 cm³/mol. The van der Waals surface area contributed by atoms with Crippen LogP contribution in [0.4, 0.5) is 5.69 Å². The molecule has 1 fully saturated rings. The molecule has 1 heterocycles. The number of fused-ring (bicyclic) bond motifs is 1. The third-order valence-corrected chi connectivity index (χ3v) is 5.99. The van der Waals surface area contributed by atoms with Crippen molar-refractivity contribution in [1.29, 1.82) is 0 Å². The first-order chi connectivity index (χ1) is 12.3. The molecule has 0 unspecified atom stereocenters. The number of ketones is 1. The second-order valence-electron chi connectivity index (χ2n) is 7.43. The van der Waals surface area contributed by atoms with Crippen molar-refractivity contribution < 1.29 is 4.79 Å². The lowest BCUT2D eigenvalue weighted by atomic mass is 9.76. The highest BCUT2D eigenvalue weighted by molar-refractivity contribution is 5.83. The Morgan fingerprint density at radius 1 is 1.00 bits per heavy atom. The van der Waals surface area contributed by atoms with Gasteiger partial charge >= 0.3 is 0 Å². The number of benzene rings is 2. The maximum absolute atomic E-state index is 12.8. The van der Waals surface area contributed by atoms with E-state index >= 15 is 0 Å². The molecule has 0 bridgehead atoms. The van der Waals surface area contributed by atoms with E-state index in [9.17, 15) is 4.79 Å². The number of aryl methyl sites for hydroxylation is 1. The molecule has 2 aliphatic rings. The maximum Gasteiger partial charge on any atom is 0.138 e. The number of Topliss-reactive ketones (excluding diaryl/α,β-unsaturated/α-hetero) is 1. The summed E-state index contributed by atoms with van der Waals surface area (Å²) in [6.45, 7) is 3.19. The van der Waals surface area contributed by atoms with Gasteiger partial charge in [-0.25, -0.2) is 0 Å². The molecule has 4 rings (SSSR count). The molecule has 1 saturated carbocycles. The lowest BCUT2D eigenvalue weighted by Gasteiger charge is -2.43. The Balaban J connectivity index is 1.75. The SMILES string of the molecule is CCc1ccc(N2CCc3ccccc3[C@H]2[C@@H]2CCCCC2=O)cc1. The third kappa shape index (κ3) is 3.10. The highest BCUT2D eigenvalue weighted by atomic mass is 16.1. The summed E-state index contributed by atoms with van der Waals surface area (Å²) < 4.78 is 0. The molecule has 2 atom stereocenters. The smallest absolute Gasteiger partial charge is 0.138 e. The summed E-state index contributed by atoms with van der Waals surface area (Å²) in [6.07, 6.45) is 6.15. The molecule has 1 aliphatic heterocycles. The zero-order chi connectivity index (χ0) is 17.2. The van der Waals surface area contributed by atoms with Crippen molar-refractivity contribution in [3.63, 3.8) is 0 Å². The van der Waals surface area contributed by atoms with Crippen molar-refractivity contribution >= 4 is 11.5 Å². The monoisotopic (exact) mass is 333 g/mol. The Kier molecular flexibility index (Phi) is 4.61. The van der Waals surface area contributed by atoms with E-state index in [0.29, 0.717) is 5.78 Å². The second-order valence-corrected chi connectivity index (χ2v) is 7.43. The Morgan fingerprint density at radius 3 is 2.56 bits per heavy atom. The minimum absolute atomic E-state index is 0.140. The van der Waals surface area contributed by atoms with Gasteiger partial charge in [0.25, 0.3) is 0 Å². The van der Waals surface area contributed by atoms with Crippen LogP contribution in [0.25, 0.3) is 0 Å². The van der Waals surface area contributed by atoms with Gasteiger partial charge in [-0.15, -0.1) is 0 Å². The third-order valence-electron chi connectivity index (χ3n) is 5.99. The molecule has 2 aromatic carbocycles. The van der Waals surface area contributed by atoms with E-state index in [1.807, 2.05) is 0 Å². The van der Waals surface area contributed by atoms with Gasteiger partial charge in [0, 0.05) is 24.6 Å². The fraction of sp³-hybridized carbons (Fsp3) is 0.435. The van der Waals surface area contributed by atoms with E-state index in [4.69, 9.17) is 0 Å². The average Bonchev–Trinajstić information content (AvgIpc) is 2.68. The van der Waals surface area contributed by atoms with Crippen molar-refractivity contribution in [3.05, 3.63) is 65.2 Å². The number of anilines is 1. The summed E-state index contributed by atoms with van der Waals surface area (Å²) in [7, 11) is 0. The van der Waals surface area contributed by atoms with Crippen molar-refractivity contribution in [3.8, 4) is 0 Å². The zero-order valence-electron chi connectivity index (χ0n) is 15.1. The number of carbonyl (C=O) groups excluding carboxylic acids is 1. The largest absolute Gasteiger partial charge is 0.363 e. The Bertz CT molecular complexity index is 749. The van der Waals surface area contributed by atoms with Crippen molar-refractivity contribution in [2.45, 2.75) is 51.5 Å². The van der Waals surface area contributed by atoms with Crippen LogP contribution >= 0.6 is 0 Å². The van der Waals surface area contributed by atoms with Gasteiger partial charge in [-0.05, 0) is 54.5 Å². The minimum Gasteiger partial charge on any atom is -0.363 e. The molecule has 0 spiro atoms. The Labute approximate surface area is 150 Å². The summed E-state index contributed by atoms with van der Waals surface area (Å²) in [5.74, 6) is 0.601. The molecule has 0 N–H and O–H groups in total. The summed E-state index contributed by atoms with van der Waals surface area (Å²) in [5.41, 5.74) is 5.42. The minimum atomic E-state index is 0.140. The molecule has 0 aromatic heterocycles. The number of rotatable bonds is 3. The number of nitrogens with zero attached hydrogens (tertiary/aromatic N) is 1. The van der Waals surface area contributed by atoms with Crippen LogP contribution in [0.1, 0.15) is 55.3 Å². The standard InChI is InChI=1S/C23H27NO/c1-2-17-11-13-19(14-12-17)24-16-15-18-7-3-4-8-20(18)23(24)21-9-5-6-10-22(21)25/h3-4,7-8,11-14,21,23H,2,5-6,9-10,15-16H2,1H3/t21-,23+/m1/s1. The van der Waals surface area contributed by atoms with E-state index < -0.39 is 0 Å². The molecular formula is C23H27NO. The summed E-state index contributed by atoms with van der Waals surface area (Å²) >= 11 is 0. The van der Waals surface area contributed by atoms with Gasteiger partial charge < -0.3 is 4.90 Å². The van der Waals surface area contributed by atoms with E-state index in [0.717, 1.165) is 38.6 Å². The normalized spacial score (nSPS) is 23.4. The molecule has 25 heavy (non-hydrogen) atoms. The van der Waals surface area contributed by atoms with Crippen molar-refractivity contribution in [2.24, 2.45) is 5.92 Å². The number of hydrogen-bond acceptors (Lipinski definition) is 2. The van der Waals surface area contributed by atoms with Crippen LogP contribution in [0, 0.1) is 5.92 Å². The number of hydrogen-bond donors (Lipinski definition) is 0. The summed E-state index contributed by atoms with van der Waals surface area (Å²) in [4.78, 5) is 15.2. The van der Waals surface area contributed by atoms with Crippen LogP contribution in [0.15, 0.2) is 48.5 Å². The fourth-order valence-electron chi connectivity index (χ4n) is 4.59. The van der Waals surface area contributed by atoms with Crippen LogP contribution in [0.3, 0.4) is 0 Å². The molecule has 2 aromatic rings. The van der Waals surface area contributed by atoms with E-state index in [1.165, 1.54) is 28.8 Å². The molecule has 2 heteroatoms. The lowest BCUT2D eigenvalue weighted by molar-refractivity contribution is -0.125. The van der Waals surface area contributed by atoms with Crippen LogP contribution in [0.2, 0.25) is 0 Å².